The molecule has 156 valence electrons. The molecule has 3 amide bonds. The average molecular weight is 407 g/mol. The molecule has 30 heavy (non-hydrogen) atoms. The second kappa shape index (κ2) is 8.57. The Kier molecular flexibility index (Phi) is 5.70. The van der Waals surface area contributed by atoms with Crippen molar-refractivity contribution in [3.05, 3.63) is 53.6 Å². The molecule has 0 atom stereocenters. The fourth-order valence-electron chi connectivity index (χ4n) is 4.07. The molecule has 0 aliphatic carbocycles. The van der Waals surface area contributed by atoms with Crippen LogP contribution in [0.25, 0.3) is 0 Å². The Balaban J connectivity index is 1.28. The zero-order chi connectivity index (χ0) is 21.1. The standard InChI is InChI=1S/C23H25N3O4/c1-30-19-5-2-15(3-6-19)12-16-8-10-26(11-9-16)23(29)22(28)24-18-4-7-20-17(13-18)14-21(27)25-20/h2-7,13,16H,8-12,14H2,1H3,(H,24,28)(H,25,27). The zero-order valence-electron chi connectivity index (χ0n) is 16.9. The lowest BCUT2D eigenvalue weighted by molar-refractivity contribution is -0.144. The van der Waals surface area contributed by atoms with E-state index < -0.39 is 11.8 Å². The van der Waals surface area contributed by atoms with Gasteiger partial charge in [-0.25, -0.2) is 0 Å². The molecular weight excluding hydrogens is 382 g/mol. The molecule has 0 unspecified atom stereocenters. The number of fused-ring (bicyclic) bond motifs is 1. The second-order valence-electron chi connectivity index (χ2n) is 7.84. The maximum atomic E-state index is 12.6. The van der Waals surface area contributed by atoms with Crippen molar-refractivity contribution in [3.63, 3.8) is 0 Å². The van der Waals surface area contributed by atoms with Crippen molar-refractivity contribution in [1.29, 1.82) is 0 Å². The fraction of sp³-hybridized carbons (Fsp3) is 0.348. The minimum Gasteiger partial charge on any atom is -0.497 e. The van der Waals surface area contributed by atoms with Gasteiger partial charge in [-0.05, 0) is 66.6 Å². The third-order valence-electron chi connectivity index (χ3n) is 5.77. The quantitative estimate of drug-likeness (QED) is 0.763. The first-order valence-electron chi connectivity index (χ1n) is 10.2. The Morgan fingerprint density at radius 3 is 2.57 bits per heavy atom. The summed E-state index contributed by atoms with van der Waals surface area (Å²) in [5.74, 6) is 0.124. The first-order chi connectivity index (χ1) is 14.5. The summed E-state index contributed by atoms with van der Waals surface area (Å²) in [6.45, 7) is 1.16. The van der Waals surface area contributed by atoms with E-state index in [-0.39, 0.29) is 12.3 Å². The second-order valence-corrected chi connectivity index (χ2v) is 7.84. The highest BCUT2D eigenvalue weighted by molar-refractivity contribution is 6.39. The van der Waals surface area contributed by atoms with Crippen LogP contribution in [0.2, 0.25) is 0 Å². The maximum Gasteiger partial charge on any atom is 0.313 e. The van der Waals surface area contributed by atoms with E-state index in [9.17, 15) is 14.4 Å². The van der Waals surface area contributed by atoms with Crippen LogP contribution >= 0.6 is 0 Å². The molecule has 1 saturated heterocycles. The molecule has 0 spiro atoms. The first-order valence-corrected chi connectivity index (χ1v) is 10.2. The number of carbonyl (C=O) groups is 3. The summed E-state index contributed by atoms with van der Waals surface area (Å²) < 4.78 is 5.19. The summed E-state index contributed by atoms with van der Waals surface area (Å²) in [6.07, 6.45) is 2.99. The molecule has 7 heteroatoms. The van der Waals surface area contributed by atoms with E-state index in [0.717, 1.165) is 36.3 Å². The molecule has 7 nitrogen and oxygen atoms in total. The molecule has 0 saturated carbocycles. The van der Waals surface area contributed by atoms with Crippen molar-refractivity contribution in [2.45, 2.75) is 25.7 Å². The molecule has 0 aromatic heterocycles. The van der Waals surface area contributed by atoms with Crippen LogP contribution in [-0.4, -0.2) is 42.8 Å². The third kappa shape index (κ3) is 4.45. The average Bonchev–Trinajstić information content (AvgIpc) is 3.13. The number of rotatable bonds is 4. The van der Waals surface area contributed by atoms with Crippen LogP contribution in [0.5, 0.6) is 5.75 Å². The largest absolute Gasteiger partial charge is 0.497 e. The summed E-state index contributed by atoms with van der Waals surface area (Å²) in [4.78, 5) is 38.0. The Morgan fingerprint density at radius 2 is 1.87 bits per heavy atom. The summed E-state index contributed by atoms with van der Waals surface area (Å²) in [5, 5.41) is 5.41. The van der Waals surface area contributed by atoms with Gasteiger partial charge in [-0.1, -0.05) is 12.1 Å². The highest BCUT2D eigenvalue weighted by atomic mass is 16.5. The molecule has 1 fully saturated rings. The van der Waals surface area contributed by atoms with Gasteiger partial charge in [-0.2, -0.15) is 0 Å². The summed E-state index contributed by atoms with van der Waals surface area (Å²) in [5.41, 5.74) is 3.36. The number of nitrogens with zero attached hydrogens (tertiary/aromatic N) is 1. The van der Waals surface area contributed by atoms with E-state index in [2.05, 4.69) is 22.8 Å². The highest BCUT2D eigenvalue weighted by Gasteiger charge is 2.27. The van der Waals surface area contributed by atoms with E-state index in [4.69, 9.17) is 4.74 Å². The Morgan fingerprint density at radius 1 is 1.13 bits per heavy atom. The number of nitrogens with one attached hydrogen (secondary N) is 2. The van der Waals surface area contributed by atoms with Gasteiger partial charge in [-0.15, -0.1) is 0 Å². The van der Waals surface area contributed by atoms with Gasteiger partial charge in [0.2, 0.25) is 5.91 Å². The van der Waals surface area contributed by atoms with Crippen molar-refractivity contribution < 1.29 is 19.1 Å². The topological polar surface area (TPSA) is 87.7 Å². The summed E-state index contributed by atoms with van der Waals surface area (Å²) >= 11 is 0. The molecule has 2 aliphatic heterocycles. The van der Waals surface area contributed by atoms with E-state index in [1.54, 1.807) is 30.2 Å². The Bertz CT molecular complexity index is 963. The van der Waals surface area contributed by atoms with Gasteiger partial charge in [0.25, 0.3) is 0 Å². The molecular formula is C23H25N3O4. The summed E-state index contributed by atoms with van der Waals surface area (Å²) in [6, 6.07) is 13.2. The number of anilines is 2. The Labute approximate surface area is 175 Å². The van der Waals surface area contributed by atoms with Crippen LogP contribution in [0.1, 0.15) is 24.0 Å². The predicted molar refractivity (Wildman–Crippen MR) is 113 cm³/mol. The number of hydrogen-bond donors (Lipinski definition) is 2. The van der Waals surface area contributed by atoms with Crippen LogP contribution in [0.4, 0.5) is 11.4 Å². The minimum absolute atomic E-state index is 0.0675. The number of benzene rings is 2. The molecule has 0 radical (unpaired) electrons. The Hall–Kier alpha value is -3.35. The van der Waals surface area contributed by atoms with Gasteiger partial charge < -0.3 is 20.3 Å². The van der Waals surface area contributed by atoms with Crippen LogP contribution < -0.4 is 15.4 Å². The molecule has 2 aromatic rings. The van der Waals surface area contributed by atoms with Crippen LogP contribution in [0.3, 0.4) is 0 Å². The normalized spacial score (nSPS) is 16.0. The van der Waals surface area contributed by atoms with E-state index in [1.165, 1.54) is 5.56 Å². The van der Waals surface area contributed by atoms with Gasteiger partial charge in [0.15, 0.2) is 0 Å². The number of amides is 3. The monoisotopic (exact) mass is 407 g/mol. The van der Waals surface area contributed by atoms with Gasteiger partial charge in [0, 0.05) is 24.5 Å². The smallest absolute Gasteiger partial charge is 0.313 e. The molecule has 2 aliphatic rings. The van der Waals surface area contributed by atoms with E-state index >= 15 is 0 Å². The SMILES string of the molecule is COc1ccc(CC2CCN(C(=O)C(=O)Nc3ccc4c(c3)CC(=O)N4)CC2)cc1. The number of ether oxygens (including phenoxy) is 1. The lowest BCUT2D eigenvalue weighted by atomic mass is 9.90. The highest BCUT2D eigenvalue weighted by Crippen LogP contribution is 2.26. The van der Waals surface area contributed by atoms with Gasteiger partial charge >= 0.3 is 11.8 Å². The number of carbonyl (C=O) groups excluding carboxylic acids is 3. The van der Waals surface area contributed by atoms with Crippen molar-refractivity contribution in [1.82, 2.24) is 4.90 Å². The first kappa shape index (κ1) is 19.9. The number of hydrogen-bond acceptors (Lipinski definition) is 4. The number of piperidine rings is 1. The number of likely N-dealkylation sites (tertiary alicyclic amines) is 1. The summed E-state index contributed by atoms with van der Waals surface area (Å²) in [7, 11) is 1.65. The fourth-order valence-corrected chi connectivity index (χ4v) is 4.07. The molecule has 4 rings (SSSR count). The third-order valence-corrected chi connectivity index (χ3v) is 5.77. The minimum atomic E-state index is -0.638. The van der Waals surface area contributed by atoms with Crippen molar-refractivity contribution in [2.24, 2.45) is 5.92 Å². The van der Waals surface area contributed by atoms with E-state index in [0.29, 0.717) is 24.7 Å². The van der Waals surface area contributed by atoms with Crippen LogP contribution in [-0.2, 0) is 27.2 Å². The number of methoxy groups -OCH3 is 1. The predicted octanol–water partition coefficient (Wildman–Crippen LogP) is 2.61. The van der Waals surface area contributed by atoms with Gasteiger partial charge in [0.1, 0.15) is 5.75 Å². The maximum absolute atomic E-state index is 12.6. The molecule has 2 N–H and O–H groups in total. The van der Waals surface area contributed by atoms with Crippen LogP contribution in [0, 0.1) is 5.92 Å². The molecule has 2 heterocycles. The van der Waals surface area contributed by atoms with Gasteiger partial charge in [0.05, 0.1) is 13.5 Å². The van der Waals surface area contributed by atoms with Crippen LogP contribution in [0.15, 0.2) is 42.5 Å². The van der Waals surface area contributed by atoms with Crippen molar-refractivity contribution in [2.75, 3.05) is 30.8 Å². The van der Waals surface area contributed by atoms with Crippen molar-refractivity contribution in [3.8, 4) is 5.75 Å². The lowest BCUT2D eigenvalue weighted by Gasteiger charge is -2.31. The molecule has 2 aromatic carbocycles. The molecule has 0 bridgehead atoms. The van der Waals surface area contributed by atoms with E-state index in [1.807, 2.05) is 12.1 Å². The lowest BCUT2D eigenvalue weighted by Crippen LogP contribution is -2.44. The van der Waals surface area contributed by atoms with Crippen molar-refractivity contribution >= 4 is 29.1 Å². The van der Waals surface area contributed by atoms with Gasteiger partial charge in [-0.3, -0.25) is 14.4 Å². The zero-order valence-corrected chi connectivity index (χ0v) is 16.9.